The smallest absolute Gasteiger partial charge is 0.236 e. The molecule has 2 rings (SSSR count). The maximum atomic E-state index is 13.0. The molecule has 1 amide bonds. The van der Waals surface area contributed by atoms with Gasteiger partial charge in [-0.25, -0.2) is 0 Å². The third-order valence-electron chi connectivity index (χ3n) is 4.48. The van der Waals surface area contributed by atoms with E-state index in [1.165, 1.54) is 0 Å². The predicted octanol–water partition coefficient (Wildman–Crippen LogP) is 3.81. The summed E-state index contributed by atoms with van der Waals surface area (Å²) in [7, 11) is 0. The third kappa shape index (κ3) is 5.13. The van der Waals surface area contributed by atoms with Crippen molar-refractivity contribution in [3.63, 3.8) is 0 Å². The minimum absolute atomic E-state index is 0. The zero-order valence-electron chi connectivity index (χ0n) is 14.5. The molecule has 1 aliphatic heterocycles. The van der Waals surface area contributed by atoms with Gasteiger partial charge in [-0.05, 0) is 29.9 Å². The maximum Gasteiger partial charge on any atom is 0.236 e. The van der Waals surface area contributed by atoms with Crippen molar-refractivity contribution in [3.05, 3.63) is 30.3 Å². The fourth-order valence-electron chi connectivity index (χ4n) is 2.86. The first-order chi connectivity index (χ1) is 10.3. The molecule has 2 atom stereocenters. The second-order valence-corrected chi connectivity index (χ2v) is 8.45. The molecule has 0 aliphatic carbocycles. The number of amides is 1. The summed E-state index contributed by atoms with van der Waals surface area (Å²) < 4.78 is 0. The number of rotatable bonds is 4. The standard InChI is InChI=1S/C18H28N2OS.ClH/c1-13(2)16(22-14-8-6-5-7-9-14)17(21)20-11-10-15(19)18(3,4)12-20;/h5-9,13,15-16H,10-12,19H2,1-4H3;1H. The highest BCUT2D eigenvalue weighted by atomic mass is 35.5. The van der Waals surface area contributed by atoms with E-state index in [1.807, 2.05) is 23.1 Å². The number of nitrogens with zero attached hydrogens (tertiary/aromatic N) is 1. The lowest BCUT2D eigenvalue weighted by atomic mass is 9.79. The Kier molecular flexibility index (Phi) is 7.43. The number of carbonyl (C=O) groups excluding carboxylic acids is 1. The molecule has 1 fully saturated rings. The summed E-state index contributed by atoms with van der Waals surface area (Å²) in [5.74, 6) is 0.556. The van der Waals surface area contributed by atoms with Crippen LogP contribution in [-0.4, -0.2) is 35.2 Å². The first-order valence-corrected chi connectivity index (χ1v) is 8.95. The van der Waals surface area contributed by atoms with E-state index in [-0.39, 0.29) is 35.0 Å². The van der Waals surface area contributed by atoms with E-state index < -0.39 is 0 Å². The number of halogens is 1. The van der Waals surface area contributed by atoms with Crippen LogP contribution in [0.4, 0.5) is 0 Å². The summed E-state index contributed by atoms with van der Waals surface area (Å²) in [6.07, 6.45) is 0.888. The Morgan fingerprint density at radius 2 is 1.91 bits per heavy atom. The lowest BCUT2D eigenvalue weighted by Gasteiger charge is -2.43. The molecular weight excluding hydrogens is 328 g/mol. The van der Waals surface area contributed by atoms with Crippen LogP contribution in [0.2, 0.25) is 0 Å². The molecule has 1 aromatic carbocycles. The van der Waals surface area contributed by atoms with Crippen molar-refractivity contribution in [1.29, 1.82) is 0 Å². The molecule has 1 heterocycles. The molecule has 0 bridgehead atoms. The number of benzene rings is 1. The molecule has 2 N–H and O–H groups in total. The third-order valence-corrected chi connectivity index (χ3v) is 6.02. The van der Waals surface area contributed by atoms with Crippen molar-refractivity contribution in [2.45, 2.75) is 50.3 Å². The van der Waals surface area contributed by atoms with Crippen molar-refractivity contribution in [1.82, 2.24) is 4.90 Å². The Morgan fingerprint density at radius 1 is 1.30 bits per heavy atom. The fraction of sp³-hybridized carbons (Fsp3) is 0.611. The fourth-order valence-corrected chi connectivity index (χ4v) is 3.99. The predicted molar refractivity (Wildman–Crippen MR) is 101 cm³/mol. The van der Waals surface area contributed by atoms with Crippen molar-refractivity contribution in [2.75, 3.05) is 13.1 Å². The summed E-state index contributed by atoms with van der Waals surface area (Å²) >= 11 is 1.68. The summed E-state index contributed by atoms with van der Waals surface area (Å²) in [4.78, 5) is 16.2. The molecule has 0 spiro atoms. The Hall–Kier alpha value is -0.710. The highest BCUT2D eigenvalue weighted by Gasteiger charge is 2.38. The number of hydrogen-bond acceptors (Lipinski definition) is 3. The Bertz CT molecular complexity index is 507. The van der Waals surface area contributed by atoms with Crippen LogP contribution < -0.4 is 5.73 Å². The van der Waals surface area contributed by atoms with Crippen LogP contribution in [-0.2, 0) is 4.79 Å². The van der Waals surface area contributed by atoms with Crippen molar-refractivity contribution in [3.8, 4) is 0 Å². The molecule has 1 aliphatic rings. The van der Waals surface area contributed by atoms with E-state index in [2.05, 4.69) is 39.8 Å². The van der Waals surface area contributed by atoms with Crippen LogP contribution in [0.1, 0.15) is 34.1 Å². The van der Waals surface area contributed by atoms with Crippen molar-refractivity contribution in [2.24, 2.45) is 17.1 Å². The van der Waals surface area contributed by atoms with Gasteiger partial charge in [-0.3, -0.25) is 4.79 Å². The van der Waals surface area contributed by atoms with Gasteiger partial charge in [-0.1, -0.05) is 45.9 Å². The van der Waals surface area contributed by atoms with Crippen LogP contribution in [0.15, 0.2) is 35.2 Å². The summed E-state index contributed by atoms with van der Waals surface area (Å²) in [5.41, 5.74) is 6.18. The maximum absolute atomic E-state index is 13.0. The second kappa shape index (κ2) is 8.41. The van der Waals surface area contributed by atoms with Crippen LogP contribution in [0, 0.1) is 11.3 Å². The Morgan fingerprint density at radius 3 is 2.43 bits per heavy atom. The number of hydrogen-bond donors (Lipinski definition) is 1. The lowest BCUT2D eigenvalue weighted by molar-refractivity contribution is -0.134. The minimum atomic E-state index is -0.0347. The van der Waals surface area contributed by atoms with E-state index in [4.69, 9.17) is 5.73 Å². The summed E-state index contributed by atoms with van der Waals surface area (Å²) in [6.45, 7) is 10.1. The van der Waals surface area contributed by atoms with E-state index in [1.54, 1.807) is 11.8 Å². The van der Waals surface area contributed by atoms with Crippen LogP contribution in [0.3, 0.4) is 0 Å². The molecule has 5 heteroatoms. The molecule has 1 saturated heterocycles. The van der Waals surface area contributed by atoms with Gasteiger partial charge >= 0.3 is 0 Å². The van der Waals surface area contributed by atoms with E-state index in [0.29, 0.717) is 5.92 Å². The number of likely N-dealkylation sites (tertiary alicyclic amines) is 1. The van der Waals surface area contributed by atoms with E-state index >= 15 is 0 Å². The zero-order chi connectivity index (χ0) is 16.3. The van der Waals surface area contributed by atoms with Gasteiger partial charge in [0.2, 0.25) is 5.91 Å². The highest BCUT2D eigenvalue weighted by Crippen LogP contribution is 2.33. The van der Waals surface area contributed by atoms with Gasteiger partial charge < -0.3 is 10.6 Å². The van der Waals surface area contributed by atoms with Gasteiger partial charge in [0, 0.05) is 24.0 Å². The summed E-state index contributed by atoms with van der Waals surface area (Å²) in [5, 5.41) is -0.0347. The largest absolute Gasteiger partial charge is 0.341 e. The number of carbonyl (C=O) groups is 1. The molecule has 2 unspecified atom stereocenters. The first kappa shape index (κ1) is 20.3. The van der Waals surface area contributed by atoms with Crippen molar-refractivity contribution >= 4 is 30.1 Å². The molecule has 23 heavy (non-hydrogen) atoms. The molecule has 0 radical (unpaired) electrons. The van der Waals surface area contributed by atoms with Crippen LogP contribution >= 0.6 is 24.2 Å². The Labute approximate surface area is 150 Å². The average molecular weight is 357 g/mol. The van der Waals surface area contributed by atoms with Crippen molar-refractivity contribution < 1.29 is 4.79 Å². The molecule has 1 aromatic rings. The van der Waals surface area contributed by atoms with Gasteiger partial charge in [-0.2, -0.15) is 0 Å². The molecule has 130 valence electrons. The monoisotopic (exact) mass is 356 g/mol. The zero-order valence-corrected chi connectivity index (χ0v) is 16.1. The first-order valence-electron chi connectivity index (χ1n) is 8.07. The van der Waals surface area contributed by atoms with E-state index in [0.717, 1.165) is 24.4 Å². The Balaban J connectivity index is 0.00000264. The topological polar surface area (TPSA) is 46.3 Å². The van der Waals surface area contributed by atoms with Gasteiger partial charge in [0.15, 0.2) is 0 Å². The minimum Gasteiger partial charge on any atom is -0.341 e. The van der Waals surface area contributed by atoms with Gasteiger partial charge in [-0.15, -0.1) is 24.2 Å². The van der Waals surface area contributed by atoms with E-state index in [9.17, 15) is 4.79 Å². The number of piperidine rings is 1. The average Bonchev–Trinajstić information content (AvgIpc) is 2.47. The number of nitrogens with two attached hydrogens (primary N) is 1. The van der Waals surface area contributed by atoms with Crippen LogP contribution in [0.5, 0.6) is 0 Å². The lowest BCUT2D eigenvalue weighted by Crippen LogP contribution is -2.55. The molecular formula is C18H29ClN2OS. The molecule has 0 saturated carbocycles. The molecule has 0 aromatic heterocycles. The highest BCUT2D eigenvalue weighted by molar-refractivity contribution is 8.00. The quantitative estimate of drug-likeness (QED) is 0.834. The number of thioether (sulfide) groups is 1. The van der Waals surface area contributed by atoms with Gasteiger partial charge in [0.1, 0.15) is 0 Å². The van der Waals surface area contributed by atoms with Gasteiger partial charge in [0.25, 0.3) is 0 Å². The SMILES string of the molecule is CC(C)C(Sc1ccccc1)C(=O)N1CCC(N)C(C)(C)C1.Cl. The van der Waals surface area contributed by atoms with Crippen LogP contribution in [0.25, 0.3) is 0 Å². The summed E-state index contributed by atoms with van der Waals surface area (Å²) in [6, 6.07) is 10.4. The van der Waals surface area contributed by atoms with Gasteiger partial charge in [0.05, 0.1) is 5.25 Å². The molecule has 3 nitrogen and oxygen atoms in total. The second-order valence-electron chi connectivity index (χ2n) is 7.24. The normalized spacial score (nSPS) is 21.7.